The topological polar surface area (TPSA) is 66.5 Å². The van der Waals surface area contributed by atoms with E-state index in [9.17, 15) is 0 Å². The van der Waals surface area contributed by atoms with Crippen molar-refractivity contribution in [3.05, 3.63) is 41.3 Å². The van der Waals surface area contributed by atoms with E-state index in [1.54, 1.807) is 6.20 Å². The lowest BCUT2D eigenvalue weighted by Crippen LogP contribution is -1.96. The van der Waals surface area contributed by atoms with Crippen molar-refractivity contribution in [2.45, 2.75) is 6.92 Å². The first-order valence-corrected chi connectivity index (χ1v) is 5.80. The van der Waals surface area contributed by atoms with Gasteiger partial charge in [-0.1, -0.05) is 17.7 Å². The molecule has 3 rings (SSSR count). The highest BCUT2D eigenvalue weighted by molar-refractivity contribution is 6.28. The Labute approximate surface area is 108 Å². The van der Waals surface area contributed by atoms with E-state index >= 15 is 0 Å². The predicted molar refractivity (Wildman–Crippen MR) is 71.2 cm³/mol. The number of hydrogen-bond acceptors (Lipinski definition) is 4. The van der Waals surface area contributed by atoms with E-state index in [1.165, 1.54) is 5.56 Å². The lowest BCUT2D eigenvalue weighted by atomic mass is 10.2. The summed E-state index contributed by atoms with van der Waals surface area (Å²) in [5, 5.41) is 10.9. The summed E-state index contributed by atoms with van der Waals surface area (Å²) in [5.41, 5.74) is 2.76. The number of nitrogens with zero attached hydrogens (tertiary/aromatic N) is 3. The summed E-state index contributed by atoms with van der Waals surface area (Å²) in [5.74, 6) is 0.641. The average Bonchev–Trinajstić information content (AvgIpc) is 2.80. The lowest BCUT2D eigenvalue weighted by molar-refractivity contribution is 1.09. The summed E-state index contributed by atoms with van der Waals surface area (Å²) in [4.78, 5) is 8.22. The van der Waals surface area contributed by atoms with Crippen LogP contribution >= 0.6 is 11.6 Å². The minimum atomic E-state index is 0.182. The molecule has 6 heteroatoms. The number of anilines is 2. The van der Waals surface area contributed by atoms with Gasteiger partial charge in [-0.15, -0.1) is 0 Å². The van der Waals surface area contributed by atoms with Crippen LogP contribution in [0.2, 0.25) is 5.28 Å². The molecule has 0 unspecified atom stereocenters. The third-order valence-electron chi connectivity index (χ3n) is 2.60. The van der Waals surface area contributed by atoms with Crippen molar-refractivity contribution in [2.24, 2.45) is 0 Å². The van der Waals surface area contributed by atoms with Gasteiger partial charge in [0.1, 0.15) is 5.82 Å². The smallest absolute Gasteiger partial charge is 0.226 e. The van der Waals surface area contributed by atoms with Gasteiger partial charge in [-0.25, -0.2) is 0 Å². The van der Waals surface area contributed by atoms with Crippen molar-refractivity contribution in [2.75, 3.05) is 5.32 Å². The Balaban J connectivity index is 2.03. The maximum atomic E-state index is 5.86. The predicted octanol–water partition coefficient (Wildman–Crippen LogP) is 3.06. The number of aromatic nitrogens is 4. The van der Waals surface area contributed by atoms with E-state index in [0.717, 1.165) is 11.1 Å². The van der Waals surface area contributed by atoms with Gasteiger partial charge in [-0.2, -0.15) is 15.1 Å². The van der Waals surface area contributed by atoms with Crippen LogP contribution < -0.4 is 5.32 Å². The first kappa shape index (κ1) is 11.0. The van der Waals surface area contributed by atoms with Crippen molar-refractivity contribution < 1.29 is 0 Å². The summed E-state index contributed by atoms with van der Waals surface area (Å²) in [6.07, 6.45) is 1.67. The Morgan fingerprint density at radius 2 is 1.94 bits per heavy atom. The molecule has 18 heavy (non-hydrogen) atoms. The number of rotatable bonds is 2. The number of nitrogens with one attached hydrogen (secondary N) is 2. The minimum absolute atomic E-state index is 0.182. The summed E-state index contributed by atoms with van der Waals surface area (Å²) in [7, 11) is 0. The van der Waals surface area contributed by atoms with E-state index in [1.807, 2.05) is 31.2 Å². The number of fused-ring (bicyclic) bond motifs is 1. The Hall–Kier alpha value is -2.14. The van der Waals surface area contributed by atoms with Gasteiger partial charge in [-0.3, -0.25) is 5.10 Å². The van der Waals surface area contributed by atoms with Crippen molar-refractivity contribution in [3.8, 4) is 0 Å². The molecular formula is C12H10ClN5. The van der Waals surface area contributed by atoms with E-state index in [0.29, 0.717) is 11.5 Å². The average molecular weight is 260 g/mol. The third-order valence-corrected chi connectivity index (χ3v) is 2.77. The van der Waals surface area contributed by atoms with Crippen LogP contribution in [0, 0.1) is 6.92 Å². The number of hydrogen-bond donors (Lipinski definition) is 2. The number of aromatic amines is 1. The van der Waals surface area contributed by atoms with Crippen molar-refractivity contribution in [1.82, 2.24) is 20.2 Å². The SMILES string of the molecule is Cc1ccc(Nc2nc(Cl)nc3[nH]ncc23)cc1. The molecule has 0 atom stereocenters. The molecular weight excluding hydrogens is 250 g/mol. The van der Waals surface area contributed by atoms with Gasteiger partial charge in [0, 0.05) is 5.69 Å². The second kappa shape index (κ2) is 4.27. The Kier molecular flexibility index (Phi) is 2.60. The quantitative estimate of drug-likeness (QED) is 0.694. The van der Waals surface area contributed by atoms with Crippen molar-refractivity contribution in [3.63, 3.8) is 0 Å². The van der Waals surface area contributed by atoms with E-state index in [-0.39, 0.29) is 5.28 Å². The summed E-state index contributed by atoms with van der Waals surface area (Å²) in [6.45, 7) is 2.04. The summed E-state index contributed by atoms with van der Waals surface area (Å²) in [6, 6.07) is 8.02. The monoisotopic (exact) mass is 259 g/mol. The van der Waals surface area contributed by atoms with Crippen LogP contribution in [0.3, 0.4) is 0 Å². The van der Waals surface area contributed by atoms with Crippen LogP contribution in [0.15, 0.2) is 30.5 Å². The highest BCUT2D eigenvalue weighted by Crippen LogP contribution is 2.23. The molecule has 0 aliphatic rings. The molecule has 0 aliphatic carbocycles. The van der Waals surface area contributed by atoms with E-state index < -0.39 is 0 Å². The molecule has 90 valence electrons. The maximum Gasteiger partial charge on any atom is 0.226 e. The van der Waals surface area contributed by atoms with Crippen LogP contribution in [0.1, 0.15) is 5.56 Å². The van der Waals surface area contributed by atoms with Gasteiger partial charge in [-0.05, 0) is 30.7 Å². The fourth-order valence-electron chi connectivity index (χ4n) is 1.68. The Morgan fingerprint density at radius 1 is 1.17 bits per heavy atom. The van der Waals surface area contributed by atoms with Crippen LogP contribution in [0.25, 0.3) is 11.0 Å². The molecule has 2 heterocycles. The van der Waals surface area contributed by atoms with E-state index in [4.69, 9.17) is 11.6 Å². The summed E-state index contributed by atoms with van der Waals surface area (Å²) >= 11 is 5.86. The molecule has 5 nitrogen and oxygen atoms in total. The molecule has 0 aliphatic heterocycles. The standard InChI is InChI=1S/C12H10ClN5/c1-7-2-4-8(5-3-7)15-10-9-6-14-18-11(9)17-12(13)16-10/h2-6H,1H3,(H2,14,15,16,17,18). The highest BCUT2D eigenvalue weighted by Gasteiger charge is 2.08. The molecule has 2 N–H and O–H groups in total. The largest absolute Gasteiger partial charge is 0.339 e. The molecule has 0 amide bonds. The lowest BCUT2D eigenvalue weighted by Gasteiger charge is -2.06. The van der Waals surface area contributed by atoms with Gasteiger partial charge in [0.15, 0.2) is 5.65 Å². The molecule has 0 bridgehead atoms. The van der Waals surface area contributed by atoms with Gasteiger partial charge >= 0.3 is 0 Å². The van der Waals surface area contributed by atoms with Gasteiger partial charge in [0.2, 0.25) is 5.28 Å². The zero-order valence-corrected chi connectivity index (χ0v) is 10.4. The minimum Gasteiger partial charge on any atom is -0.339 e. The maximum absolute atomic E-state index is 5.86. The third kappa shape index (κ3) is 2.00. The van der Waals surface area contributed by atoms with Crippen LogP contribution in [0.4, 0.5) is 11.5 Å². The van der Waals surface area contributed by atoms with E-state index in [2.05, 4.69) is 25.5 Å². The van der Waals surface area contributed by atoms with Crippen molar-refractivity contribution in [1.29, 1.82) is 0 Å². The number of H-pyrrole nitrogens is 1. The highest BCUT2D eigenvalue weighted by atomic mass is 35.5. The molecule has 2 aromatic heterocycles. The first-order chi connectivity index (χ1) is 8.72. The fourth-order valence-corrected chi connectivity index (χ4v) is 1.85. The van der Waals surface area contributed by atoms with Crippen LogP contribution in [0.5, 0.6) is 0 Å². The zero-order chi connectivity index (χ0) is 12.5. The van der Waals surface area contributed by atoms with Crippen molar-refractivity contribution >= 4 is 34.1 Å². The Bertz CT molecular complexity index is 689. The van der Waals surface area contributed by atoms with Gasteiger partial charge in [0.05, 0.1) is 11.6 Å². The molecule has 0 radical (unpaired) electrons. The Morgan fingerprint density at radius 3 is 2.72 bits per heavy atom. The number of halogens is 1. The molecule has 0 saturated carbocycles. The van der Waals surface area contributed by atoms with Gasteiger partial charge in [0.25, 0.3) is 0 Å². The van der Waals surface area contributed by atoms with Gasteiger partial charge < -0.3 is 5.32 Å². The molecule has 0 saturated heterocycles. The summed E-state index contributed by atoms with van der Waals surface area (Å²) < 4.78 is 0. The van der Waals surface area contributed by atoms with Crippen LogP contribution in [-0.4, -0.2) is 20.2 Å². The van der Waals surface area contributed by atoms with Crippen LogP contribution in [-0.2, 0) is 0 Å². The molecule has 0 spiro atoms. The second-order valence-electron chi connectivity index (χ2n) is 3.96. The number of aryl methyl sites for hydroxylation is 1. The molecule has 3 aromatic rings. The zero-order valence-electron chi connectivity index (χ0n) is 9.61. The molecule has 0 fully saturated rings. The fraction of sp³-hybridized carbons (Fsp3) is 0.0833. The number of benzene rings is 1. The second-order valence-corrected chi connectivity index (χ2v) is 4.30. The normalized spacial score (nSPS) is 10.8. The first-order valence-electron chi connectivity index (χ1n) is 5.43. The molecule has 1 aromatic carbocycles.